The van der Waals surface area contributed by atoms with E-state index in [9.17, 15) is 15.0 Å². The van der Waals surface area contributed by atoms with Crippen LogP contribution in [0.2, 0.25) is 0 Å². The summed E-state index contributed by atoms with van der Waals surface area (Å²) in [7, 11) is 0. The minimum Gasteiger partial charge on any atom is -0.465 e. The first-order valence-electron chi connectivity index (χ1n) is 7.04. The predicted molar refractivity (Wildman–Crippen MR) is 64.7 cm³/mol. The van der Waals surface area contributed by atoms with Gasteiger partial charge in [-0.15, -0.1) is 0 Å². The summed E-state index contributed by atoms with van der Waals surface area (Å²) < 4.78 is 5.23. The van der Waals surface area contributed by atoms with E-state index in [1.165, 1.54) is 0 Å². The Labute approximate surface area is 107 Å². The van der Waals surface area contributed by atoms with Crippen LogP contribution in [-0.2, 0) is 9.53 Å². The summed E-state index contributed by atoms with van der Waals surface area (Å²) in [4.78, 5) is 12.3. The molecule has 4 nitrogen and oxygen atoms in total. The molecule has 3 aliphatic rings. The number of fused-ring (bicyclic) bond motifs is 2. The van der Waals surface area contributed by atoms with Crippen molar-refractivity contribution in [2.24, 2.45) is 16.7 Å². The Bertz CT molecular complexity index is 365. The molecule has 1 saturated heterocycles. The Morgan fingerprint density at radius 2 is 2.00 bits per heavy atom. The molecule has 2 aliphatic carbocycles. The first-order valence-corrected chi connectivity index (χ1v) is 7.04. The zero-order chi connectivity index (χ0) is 13.0. The SMILES string of the molecule is CC12CCCC3(C(=O)OCC[C@H]3O)C1[C@@H](O)CC2. The fraction of sp³-hybridized carbons (Fsp3) is 0.929. The molecule has 3 rings (SSSR count). The lowest BCUT2D eigenvalue weighted by molar-refractivity contribution is -0.202. The van der Waals surface area contributed by atoms with Crippen molar-refractivity contribution in [2.75, 3.05) is 6.61 Å². The van der Waals surface area contributed by atoms with Crippen LogP contribution in [0, 0.1) is 16.7 Å². The second-order valence-corrected chi connectivity index (χ2v) is 6.57. The molecular weight excluding hydrogens is 232 g/mol. The van der Waals surface area contributed by atoms with Crippen molar-refractivity contribution in [3.63, 3.8) is 0 Å². The largest absolute Gasteiger partial charge is 0.465 e. The number of hydrogen-bond acceptors (Lipinski definition) is 4. The molecule has 0 aromatic carbocycles. The molecule has 3 unspecified atom stereocenters. The smallest absolute Gasteiger partial charge is 0.315 e. The number of cyclic esters (lactones) is 1. The summed E-state index contributed by atoms with van der Waals surface area (Å²) in [5, 5.41) is 20.7. The van der Waals surface area contributed by atoms with E-state index in [1.807, 2.05) is 0 Å². The van der Waals surface area contributed by atoms with Crippen molar-refractivity contribution >= 4 is 5.97 Å². The topological polar surface area (TPSA) is 66.8 Å². The van der Waals surface area contributed by atoms with Gasteiger partial charge < -0.3 is 14.9 Å². The average molecular weight is 254 g/mol. The lowest BCUT2D eigenvalue weighted by Crippen LogP contribution is -2.59. The molecule has 0 aromatic rings. The summed E-state index contributed by atoms with van der Waals surface area (Å²) in [6.07, 6.45) is 3.69. The van der Waals surface area contributed by atoms with Gasteiger partial charge in [-0.1, -0.05) is 13.3 Å². The van der Waals surface area contributed by atoms with E-state index in [4.69, 9.17) is 4.74 Å². The van der Waals surface area contributed by atoms with Crippen molar-refractivity contribution in [1.82, 2.24) is 0 Å². The third kappa shape index (κ3) is 1.42. The van der Waals surface area contributed by atoms with Crippen molar-refractivity contribution < 1.29 is 19.7 Å². The summed E-state index contributed by atoms with van der Waals surface area (Å²) in [6.45, 7) is 2.46. The second-order valence-electron chi connectivity index (χ2n) is 6.57. The van der Waals surface area contributed by atoms with Crippen LogP contribution in [0.15, 0.2) is 0 Å². The minimum atomic E-state index is -0.846. The van der Waals surface area contributed by atoms with Crippen LogP contribution in [0.4, 0.5) is 0 Å². The Morgan fingerprint density at radius 1 is 1.22 bits per heavy atom. The Hall–Kier alpha value is -0.610. The summed E-state index contributed by atoms with van der Waals surface area (Å²) >= 11 is 0. The zero-order valence-electron chi connectivity index (χ0n) is 10.9. The zero-order valence-corrected chi connectivity index (χ0v) is 10.9. The molecule has 0 aromatic heterocycles. The molecule has 18 heavy (non-hydrogen) atoms. The van der Waals surface area contributed by atoms with E-state index in [-0.39, 0.29) is 17.3 Å². The van der Waals surface area contributed by atoms with Gasteiger partial charge in [0.05, 0.1) is 24.2 Å². The molecule has 4 heteroatoms. The normalized spacial score (nSPS) is 52.2. The number of carbonyl (C=O) groups excluding carboxylic acids is 1. The van der Waals surface area contributed by atoms with Gasteiger partial charge in [-0.2, -0.15) is 0 Å². The Balaban J connectivity index is 2.05. The molecule has 1 aliphatic heterocycles. The van der Waals surface area contributed by atoms with Gasteiger partial charge in [-0.25, -0.2) is 0 Å². The molecule has 1 heterocycles. The fourth-order valence-corrected chi connectivity index (χ4v) is 4.84. The molecular formula is C14H22O4. The molecule has 102 valence electrons. The van der Waals surface area contributed by atoms with Crippen molar-refractivity contribution in [3.05, 3.63) is 0 Å². The summed E-state index contributed by atoms with van der Waals surface area (Å²) in [5.74, 6) is -0.417. The highest BCUT2D eigenvalue weighted by atomic mass is 16.5. The van der Waals surface area contributed by atoms with Gasteiger partial charge in [-0.05, 0) is 31.1 Å². The summed E-state index contributed by atoms with van der Waals surface area (Å²) in [5.41, 5.74) is -0.865. The van der Waals surface area contributed by atoms with E-state index in [0.717, 1.165) is 25.7 Å². The third-order valence-corrected chi connectivity index (χ3v) is 5.64. The number of esters is 1. The third-order valence-electron chi connectivity index (χ3n) is 5.64. The maximum Gasteiger partial charge on any atom is 0.315 e. The van der Waals surface area contributed by atoms with Gasteiger partial charge >= 0.3 is 5.97 Å². The molecule has 0 amide bonds. The van der Waals surface area contributed by atoms with Crippen molar-refractivity contribution in [1.29, 1.82) is 0 Å². The molecule has 1 spiro atoms. The van der Waals surface area contributed by atoms with Gasteiger partial charge in [0, 0.05) is 12.3 Å². The quantitative estimate of drug-likeness (QED) is 0.638. The molecule has 0 bridgehead atoms. The van der Waals surface area contributed by atoms with E-state index in [0.29, 0.717) is 19.4 Å². The first-order chi connectivity index (χ1) is 8.51. The first kappa shape index (κ1) is 12.4. The van der Waals surface area contributed by atoms with Crippen LogP contribution in [0.25, 0.3) is 0 Å². The molecule has 3 fully saturated rings. The number of rotatable bonds is 0. The van der Waals surface area contributed by atoms with E-state index < -0.39 is 17.6 Å². The predicted octanol–water partition coefficient (Wildman–Crippen LogP) is 1.24. The highest BCUT2D eigenvalue weighted by Crippen LogP contribution is 2.62. The molecule has 5 atom stereocenters. The van der Waals surface area contributed by atoms with Crippen molar-refractivity contribution in [2.45, 2.75) is 57.7 Å². The maximum atomic E-state index is 12.3. The standard InChI is InChI=1S/C14H22O4/c1-13-5-2-6-14(11(13)9(15)3-7-13)10(16)4-8-18-12(14)17/h9-11,15-16H,2-8H2,1H3/t9-,10+,11?,13?,14?/m0/s1. The van der Waals surface area contributed by atoms with E-state index in [2.05, 4.69) is 6.92 Å². The molecule has 2 saturated carbocycles. The lowest BCUT2D eigenvalue weighted by atomic mass is 9.53. The van der Waals surface area contributed by atoms with Gasteiger partial charge in [-0.3, -0.25) is 4.79 Å². The monoisotopic (exact) mass is 254 g/mol. The highest BCUT2D eigenvalue weighted by molar-refractivity contribution is 5.79. The lowest BCUT2D eigenvalue weighted by Gasteiger charge is -2.53. The average Bonchev–Trinajstić information content (AvgIpc) is 2.63. The van der Waals surface area contributed by atoms with Crippen LogP contribution in [0.1, 0.15) is 45.4 Å². The van der Waals surface area contributed by atoms with E-state index >= 15 is 0 Å². The summed E-state index contributed by atoms with van der Waals surface area (Å²) in [6, 6.07) is 0. The van der Waals surface area contributed by atoms with Gasteiger partial charge in [0.15, 0.2) is 0 Å². The fourth-order valence-electron chi connectivity index (χ4n) is 4.84. The highest BCUT2D eigenvalue weighted by Gasteiger charge is 2.65. The van der Waals surface area contributed by atoms with Crippen LogP contribution in [-0.4, -0.2) is 35.0 Å². The second kappa shape index (κ2) is 3.94. The molecule has 2 N–H and O–H groups in total. The van der Waals surface area contributed by atoms with Crippen LogP contribution in [0.5, 0.6) is 0 Å². The number of aliphatic hydroxyl groups excluding tert-OH is 2. The number of ether oxygens (including phenoxy) is 1. The molecule has 0 radical (unpaired) electrons. The van der Waals surface area contributed by atoms with E-state index in [1.54, 1.807) is 0 Å². The van der Waals surface area contributed by atoms with Gasteiger partial charge in [0.2, 0.25) is 0 Å². The maximum absolute atomic E-state index is 12.3. The Morgan fingerprint density at radius 3 is 2.72 bits per heavy atom. The van der Waals surface area contributed by atoms with Crippen molar-refractivity contribution in [3.8, 4) is 0 Å². The number of carbonyl (C=O) groups is 1. The minimum absolute atomic E-state index is 0.0188. The van der Waals surface area contributed by atoms with Crippen LogP contribution < -0.4 is 0 Å². The van der Waals surface area contributed by atoms with Crippen LogP contribution in [0.3, 0.4) is 0 Å². The van der Waals surface area contributed by atoms with Gasteiger partial charge in [0.1, 0.15) is 0 Å². The number of aliphatic hydroxyl groups is 2. The van der Waals surface area contributed by atoms with Gasteiger partial charge in [0.25, 0.3) is 0 Å². The Kier molecular flexibility index (Phi) is 2.72. The van der Waals surface area contributed by atoms with Crippen LogP contribution >= 0.6 is 0 Å². The number of hydrogen-bond donors (Lipinski definition) is 2.